The van der Waals surface area contributed by atoms with Crippen molar-refractivity contribution >= 4 is 0 Å². The first-order chi connectivity index (χ1) is 6.74. The number of aliphatic hydroxyl groups is 1. The van der Waals surface area contributed by atoms with Gasteiger partial charge in [-0.25, -0.2) is 0 Å². The van der Waals surface area contributed by atoms with Gasteiger partial charge < -0.3 is 5.11 Å². The number of hydrogen-bond acceptors (Lipinski definition) is 2. The van der Waals surface area contributed by atoms with Gasteiger partial charge in [0.2, 0.25) is 0 Å². The van der Waals surface area contributed by atoms with E-state index in [0.717, 1.165) is 19.5 Å². The summed E-state index contributed by atoms with van der Waals surface area (Å²) < 4.78 is 0. The molecule has 0 aliphatic rings. The van der Waals surface area contributed by atoms with E-state index in [1.165, 1.54) is 5.56 Å². The molecule has 0 aromatic heterocycles. The molecule has 0 saturated heterocycles. The largest absolute Gasteiger partial charge is 0.379 e. The van der Waals surface area contributed by atoms with Crippen LogP contribution < -0.4 is 0 Å². The van der Waals surface area contributed by atoms with Gasteiger partial charge in [0, 0.05) is 13.1 Å². The SMILES string of the molecule is CCCN(Cc1ccccc1)C(C)O. The summed E-state index contributed by atoms with van der Waals surface area (Å²) in [7, 11) is 0. The molecule has 0 aliphatic heterocycles. The lowest BCUT2D eigenvalue weighted by molar-refractivity contribution is 0.0127. The van der Waals surface area contributed by atoms with E-state index >= 15 is 0 Å². The van der Waals surface area contributed by atoms with Gasteiger partial charge in [0.05, 0.1) is 0 Å². The van der Waals surface area contributed by atoms with E-state index in [9.17, 15) is 5.11 Å². The van der Waals surface area contributed by atoms with Crippen LogP contribution in [-0.4, -0.2) is 22.8 Å². The molecule has 1 aromatic carbocycles. The second kappa shape index (κ2) is 5.78. The molecule has 0 spiro atoms. The van der Waals surface area contributed by atoms with Crippen LogP contribution in [-0.2, 0) is 6.54 Å². The molecular weight excluding hydrogens is 174 g/mol. The molecule has 0 fully saturated rings. The third-order valence-electron chi connectivity index (χ3n) is 2.27. The first kappa shape index (κ1) is 11.2. The molecule has 1 unspecified atom stereocenters. The van der Waals surface area contributed by atoms with E-state index in [1.54, 1.807) is 0 Å². The van der Waals surface area contributed by atoms with Crippen LogP contribution in [0.1, 0.15) is 25.8 Å². The second-order valence-corrected chi connectivity index (χ2v) is 3.59. The highest BCUT2D eigenvalue weighted by molar-refractivity contribution is 5.14. The summed E-state index contributed by atoms with van der Waals surface area (Å²) in [6.07, 6.45) is 0.702. The summed E-state index contributed by atoms with van der Waals surface area (Å²) in [5.74, 6) is 0. The van der Waals surface area contributed by atoms with Crippen molar-refractivity contribution in [2.45, 2.75) is 33.0 Å². The first-order valence-electron chi connectivity index (χ1n) is 5.20. The Morgan fingerprint density at radius 2 is 1.93 bits per heavy atom. The normalized spacial score (nSPS) is 13.1. The van der Waals surface area contributed by atoms with Crippen LogP contribution in [0.15, 0.2) is 30.3 Å². The average molecular weight is 193 g/mol. The van der Waals surface area contributed by atoms with Gasteiger partial charge in [-0.05, 0) is 18.9 Å². The Hall–Kier alpha value is -0.860. The van der Waals surface area contributed by atoms with Crippen molar-refractivity contribution in [2.75, 3.05) is 6.54 Å². The molecule has 1 atom stereocenters. The van der Waals surface area contributed by atoms with Gasteiger partial charge in [-0.3, -0.25) is 4.90 Å². The van der Waals surface area contributed by atoms with Gasteiger partial charge in [0.15, 0.2) is 0 Å². The maximum Gasteiger partial charge on any atom is 0.104 e. The molecule has 0 radical (unpaired) electrons. The smallest absolute Gasteiger partial charge is 0.104 e. The van der Waals surface area contributed by atoms with Crippen LogP contribution in [0.5, 0.6) is 0 Å². The Balaban J connectivity index is 2.55. The van der Waals surface area contributed by atoms with E-state index in [4.69, 9.17) is 0 Å². The molecular formula is C12H19NO. The number of hydrogen-bond donors (Lipinski definition) is 1. The van der Waals surface area contributed by atoms with Gasteiger partial charge in [0.25, 0.3) is 0 Å². The highest BCUT2D eigenvalue weighted by Gasteiger charge is 2.09. The topological polar surface area (TPSA) is 23.5 Å². The van der Waals surface area contributed by atoms with Gasteiger partial charge in [-0.15, -0.1) is 0 Å². The second-order valence-electron chi connectivity index (χ2n) is 3.59. The fourth-order valence-electron chi connectivity index (χ4n) is 1.50. The minimum atomic E-state index is -0.366. The van der Waals surface area contributed by atoms with Crippen molar-refractivity contribution in [1.82, 2.24) is 4.90 Å². The number of nitrogens with zero attached hydrogens (tertiary/aromatic N) is 1. The highest BCUT2D eigenvalue weighted by Crippen LogP contribution is 2.07. The molecule has 78 valence electrons. The molecule has 1 aromatic rings. The van der Waals surface area contributed by atoms with E-state index in [0.29, 0.717) is 0 Å². The molecule has 0 amide bonds. The maximum absolute atomic E-state index is 9.53. The van der Waals surface area contributed by atoms with Crippen LogP contribution in [0, 0.1) is 0 Å². The summed E-state index contributed by atoms with van der Waals surface area (Å²) in [4.78, 5) is 2.06. The van der Waals surface area contributed by atoms with Crippen LogP contribution >= 0.6 is 0 Å². The first-order valence-corrected chi connectivity index (χ1v) is 5.20. The standard InChI is InChI=1S/C12H19NO/c1-3-9-13(11(2)14)10-12-7-5-4-6-8-12/h4-8,11,14H,3,9-10H2,1-2H3. The zero-order valence-electron chi connectivity index (χ0n) is 8.98. The average Bonchev–Trinajstić information content (AvgIpc) is 2.18. The van der Waals surface area contributed by atoms with E-state index < -0.39 is 0 Å². The predicted octanol–water partition coefficient (Wildman–Crippen LogP) is 2.24. The van der Waals surface area contributed by atoms with Crippen LogP contribution in [0.4, 0.5) is 0 Å². The number of rotatable bonds is 5. The van der Waals surface area contributed by atoms with Crippen molar-refractivity contribution in [1.29, 1.82) is 0 Å². The Labute approximate surface area is 86.2 Å². The lowest BCUT2D eigenvalue weighted by Gasteiger charge is -2.24. The number of aliphatic hydroxyl groups excluding tert-OH is 1. The Morgan fingerprint density at radius 1 is 1.29 bits per heavy atom. The molecule has 2 heteroatoms. The third kappa shape index (κ3) is 3.48. The Bertz CT molecular complexity index is 246. The van der Waals surface area contributed by atoms with Gasteiger partial charge in [-0.1, -0.05) is 37.3 Å². The summed E-state index contributed by atoms with van der Waals surface area (Å²) in [6.45, 7) is 5.71. The molecule has 0 aliphatic carbocycles. The lowest BCUT2D eigenvalue weighted by Crippen LogP contribution is -2.32. The summed E-state index contributed by atoms with van der Waals surface area (Å²) in [5.41, 5.74) is 1.25. The zero-order chi connectivity index (χ0) is 10.4. The number of benzene rings is 1. The fourth-order valence-corrected chi connectivity index (χ4v) is 1.50. The molecule has 1 rings (SSSR count). The molecule has 14 heavy (non-hydrogen) atoms. The van der Waals surface area contributed by atoms with Crippen LogP contribution in [0.3, 0.4) is 0 Å². The Kier molecular flexibility index (Phi) is 4.63. The maximum atomic E-state index is 9.53. The van der Waals surface area contributed by atoms with Crippen molar-refractivity contribution in [3.63, 3.8) is 0 Å². The van der Waals surface area contributed by atoms with E-state index in [-0.39, 0.29) is 6.23 Å². The molecule has 1 N–H and O–H groups in total. The van der Waals surface area contributed by atoms with Crippen LogP contribution in [0.25, 0.3) is 0 Å². The minimum absolute atomic E-state index is 0.366. The minimum Gasteiger partial charge on any atom is -0.379 e. The quantitative estimate of drug-likeness (QED) is 0.725. The van der Waals surface area contributed by atoms with Crippen LogP contribution in [0.2, 0.25) is 0 Å². The van der Waals surface area contributed by atoms with Gasteiger partial charge in [-0.2, -0.15) is 0 Å². The third-order valence-corrected chi connectivity index (χ3v) is 2.27. The fraction of sp³-hybridized carbons (Fsp3) is 0.500. The predicted molar refractivity (Wildman–Crippen MR) is 58.8 cm³/mol. The van der Waals surface area contributed by atoms with Crippen molar-refractivity contribution < 1.29 is 5.11 Å². The van der Waals surface area contributed by atoms with Gasteiger partial charge >= 0.3 is 0 Å². The van der Waals surface area contributed by atoms with Crippen molar-refractivity contribution in [2.24, 2.45) is 0 Å². The van der Waals surface area contributed by atoms with E-state index in [2.05, 4.69) is 24.0 Å². The van der Waals surface area contributed by atoms with Crippen molar-refractivity contribution in [3.05, 3.63) is 35.9 Å². The van der Waals surface area contributed by atoms with Crippen molar-refractivity contribution in [3.8, 4) is 0 Å². The zero-order valence-corrected chi connectivity index (χ0v) is 8.98. The molecule has 0 bridgehead atoms. The summed E-state index contributed by atoms with van der Waals surface area (Å²) >= 11 is 0. The lowest BCUT2D eigenvalue weighted by atomic mass is 10.2. The molecule has 0 saturated carbocycles. The van der Waals surface area contributed by atoms with Gasteiger partial charge in [0.1, 0.15) is 6.23 Å². The summed E-state index contributed by atoms with van der Waals surface area (Å²) in [5, 5.41) is 9.53. The Morgan fingerprint density at radius 3 is 2.43 bits per heavy atom. The highest BCUT2D eigenvalue weighted by atomic mass is 16.3. The summed E-state index contributed by atoms with van der Waals surface area (Å²) in [6, 6.07) is 10.2. The molecule has 2 nitrogen and oxygen atoms in total. The molecule has 0 heterocycles. The van der Waals surface area contributed by atoms with E-state index in [1.807, 2.05) is 25.1 Å². The monoisotopic (exact) mass is 193 g/mol.